The first-order valence-corrected chi connectivity index (χ1v) is 8.83. The highest BCUT2D eigenvalue weighted by molar-refractivity contribution is 6.01. The number of nitrogens with one attached hydrogen (secondary N) is 1. The van der Waals surface area contributed by atoms with Crippen molar-refractivity contribution in [3.63, 3.8) is 0 Å². The highest BCUT2D eigenvalue weighted by Crippen LogP contribution is 2.39. The largest absolute Gasteiger partial charge is 0.493 e. The number of aromatic nitrogens is 1. The van der Waals surface area contributed by atoms with Gasteiger partial charge in [0.1, 0.15) is 11.8 Å². The lowest BCUT2D eigenvalue weighted by Gasteiger charge is -2.24. The van der Waals surface area contributed by atoms with Crippen LogP contribution in [0.25, 0.3) is 0 Å². The van der Waals surface area contributed by atoms with E-state index < -0.39 is 6.04 Å². The molecule has 0 saturated carbocycles. The van der Waals surface area contributed by atoms with Gasteiger partial charge in [-0.1, -0.05) is 5.16 Å². The summed E-state index contributed by atoms with van der Waals surface area (Å²) in [6.07, 6.45) is 1.30. The minimum atomic E-state index is -0.594. The van der Waals surface area contributed by atoms with Crippen molar-refractivity contribution in [1.82, 2.24) is 10.1 Å². The maximum atomic E-state index is 13.1. The first-order valence-electron chi connectivity index (χ1n) is 8.83. The van der Waals surface area contributed by atoms with Crippen LogP contribution in [0.15, 0.2) is 22.7 Å². The van der Waals surface area contributed by atoms with Crippen LogP contribution in [0, 0.1) is 6.92 Å². The highest BCUT2D eigenvalue weighted by atomic mass is 16.5. The molecule has 1 aliphatic rings. The second-order valence-electron chi connectivity index (χ2n) is 6.38. The Morgan fingerprint density at radius 2 is 1.82 bits per heavy atom. The van der Waals surface area contributed by atoms with Crippen LogP contribution in [0.5, 0.6) is 17.2 Å². The number of aryl methyl sites for hydroxylation is 1. The van der Waals surface area contributed by atoms with Gasteiger partial charge in [-0.05, 0) is 31.9 Å². The number of hydrogen-bond acceptors (Lipinski definition) is 7. The van der Waals surface area contributed by atoms with Crippen LogP contribution in [-0.2, 0) is 4.79 Å². The Morgan fingerprint density at radius 3 is 2.36 bits per heavy atom. The zero-order valence-corrected chi connectivity index (χ0v) is 16.3. The first kappa shape index (κ1) is 19.5. The fourth-order valence-electron chi connectivity index (χ4n) is 3.29. The van der Waals surface area contributed by atoms with Gasteiger partial charge in [-0.15, -0.1) is 0 Å². The van der Waals surface area contributed by atoms with Crippen LogP contribution in [0.2, 0.25) is 0 Å². The molecule has 9 nitrogen and oxygen atoms in total. The van der Waals surface area contributed by atoms with E-state index in [9.17, 15) is 9.59 Å². The summed E-state index contributed by atoms with van der Waals surface area (Å²) < 4.78 is 20.9. The van der Waals surface area contributed by atoms with E-state index in [1.54, 1.807) is 30.0 Å². The number of carbonyl (C=O) groups is 2. The van der Waals surface area contributed by atoms with Crippen molar-refractivity contribution in [2.45, 2.75) is 25.8 Å². The number of likely N-dealkylation sites (tertiary alicyclic amines) is 1. The van der Waals surface area contributed by atoms with Crippen LogP contribution >= 0.6 is 0 Å². The summed E-state index contributed by atoms with van der Waals surface area (Å²) in [5.41, 5.74) is 0.353. The predicted octanol–water partition coefficient (Wildman–Crippen LogP) is 2.25. The van der Waals surface area contributed by atoms with Crippen molar-refractivity contribution in [3.05, 3.63) is 29.5 Å². The van der Waals surface area contributed by atoms with Gasteiger partial charge in [0.05, 0.1) is 21.3 Å². The minimum absolute atomic E-state index is 0.284. The standard InChI is InChI=1S/C19H23N3O6/c1-11-8-16(21-28-11)20-18(23)13-6-5-7-22(13)19(24)12-9-14(25-2)17(27-4)15(10-12)26-3/h8-10,13H,5-7H2,1-4H3,(H,20,21,23)/t13-/m0/s1. The molecular weight excluding hydrogens is 366 g/mol. The van der Waals surface area contributed by atoms with Crippen molar-refractivity contribution in [2.75, 3.05) is 33.2 Å². The molecule has 28 heavy (non-hydrogen) atoms. The fourth-order valence-corrected chi connectivity index (χ4v) is 3.29. The van der Waals surface area contributed by atoms with Crippen LogP contribution < -0.4 is 19.5 Å². The molecule has 0 unspecified atom stereocenters. The Bertz CT molecular complexity index is 853. The van der Waals surface area contributed by atoms with Crippen molar-refractivity contribution in [3.8, 4) is 17.2 Å². The van der Waals surface area contributed by atoms with E-state index in [-0.39, 0.29) is 11.8 Å². The Kier molecular flexibility index (Phi) is 5.72. The number of methoxy groups -OCH3 is 3. The summed E-state index contributed by atoms with van der Waals surface area (Å²) in [7, 11) is 4.46. The molecule has 1 N–H and O–H groups in total. The van der Waals surface area contributed by atoms with E-state index in [4.69, 9.17) is 18.7 Å². The minimum Gasteiger partial charge on any atom is -0.493 e. The topological polar surface area (TPSA) is 103 Å². The average Bonchev–Trinajstić information content (AvgIpc) is 3.35. The summed E-state index contributed by atoms with van der Waals surface area (Å²) in [4.78, 5) is 27.3. The molecule has 1 aromatic heterocycles. The first-order chi connectivity index (χ1) is 13.5. The molecule has 0 spiro atoms. The average molecular weight is 389 g/mol. The summed E-state index contributed by atoms with van der Waals surface area (Å²) >= 11 is 0. The molecule has 1 saturated heterocycles. The molecule has 0 bridgehead atoms. The maximum Gasteiger partial charge on any atom is 0.254 e. The van der Waals surface area contributed by atoms with E-state index >= 15 is 0 Å². The predicted molar refractivity (Wildman–Crippen MR) is 100 cm³/mol. The van der Waals surface area contributed by atoms with Gasteiger partial charge in [-0.2, -0.15) is 0 Å². The van der Waals surface area contributed by atoms with E-state index in [1.807, 2.05) is 0 Å². The molecule has 0 aliphatic carbocycles. The number of hydrogen-bond donors (Lipinski definition) is 1. The van der Waals surface area contributed by atoms with Gasteiger partial charge in [0.25, 0.3) is 5.91 Å². The molecule has 2 heterocycles. The summed E-state index contributed by atoms with van der Waals surface area (Å²) in [5.74, 6) is 1.49. The van der Waals surface area contributed by atoms with Crippen molar-refractivity contribution >= 4 is 17.6 Å². The Hall–Kier alpha value is -3.23. The normalized spacial score (nSPS) is 16.0. The van der Waals surface area contributed by atoms with Gasteiger partial charge in [0.2, 0.25) is 11.7 Å². The van der Waals surface area contributed by atoms with E-state index in [0.29, 0.717) is 47.4 Å². The van der Waals surface area contributed by atoms with Gasteiger partial charge in [0.15, 0.2) is 17.3 Å². The second-order valence-corrected chi connectivity index (χ2v) is 6.38. The second kappa shape index (κ2) is 8.20. The molecular formula is C19H23N3O6. The molecule has 2 amide bonds. The molecule has 9 heteroatoms. The van der Waals surface area contributed by atoms with E-state index in [0.717, 1.165) is 6.42 Å². The summed E-state index contributed by atoms with van der Waals surface area (Å²) in [6, 6.07) is 4.19. The Labute approximate surface area is 162 Å². The Balaban J connectivity index is 1.83. The number of anilines is 1. The number of nitrogens with zero attached hydrogens (tertiary/aromatic N) is 2. The zero-order valence-electron chi connectivity index (χ0n) is 16.3. The Morgan fingerprint density at radius 1 is 1.14 bits per heavy atom. The van der Waals surface area contributed by atoms with Crippen molar-refractivity contribution in [2.24, 2.45) is 0 Å². The SMILES string of the molecule is COc1cc(C(=O)N2CCC[C@H]2C(=O)Nc2cc(C)on2)cc(OC)c1OC. The lowest BCUT2D eigenvalue weighted by atomic mass is 10.1. The zero-order chi connectivity index (χ0) is 20.3. The van der Waals surface area contributed by atoms with Crippen LogP contribution in [0.3, 0.4) is 0 Å². The molecule has 1 aliphatic heterocycles. The summed E-state index contributed by atoms with van der Waals surface area (Å²) in [6.45, 7) is 2.21. The van der Waals surface area contributed by atoms with Crippen LogP contribution in [0.1, 0.15) is 29.0 Å². The van der Waals surface area contributed by atoms with Gasteiger partial charge in [-0.25, -0.2) is 0 Å². The van der Waals surface area contributed by atoms with Crippen molar-refractivity contribution < 1.29 is 28.3 Å². The monoisotopic (exact) mass is 389 g/mol. The van der Waals surface area contributed by atoms with Crippen LogP contribution in [0.4, 0.5) is 5.82 Å². The molecule has 0 radical (unpaired) electrons. The summed E-state index contributed by atoms with van der Waals surface area (Å²) in [5, 5.41) is 6.46. The molecule has 1 fully saturated rings. The smallest absolute Gasteiger partial charge is 0.254 e. The van der Waals surface area contributed by atoms with Gasteiger partial charge < -0.3 is 29.0 Å². The molecule has 1 aromatic carbocycles. The van der Waals surface area contributed by atoms with Gasteiger partial charge in [-0.3, -0.25) is 9.59 Å². The molecule has 150 valence electrons. The van der Waals surface area contributed by atoms with Crippen molar-refractivity contribution in [1.29, 1.82) is 0 Å². The highest BCUT2D eigenvalue weighted by Gasteiger charge is 2.35. The molecule has 2 aromatic rings. The van der Waals surface area contributed by atoms with E-state index in [1.165, 1.54) is 21.3 Å². The number of amides is 2. The third-order valence-electron chi connectivity index (χ3n) is 4.61. The molecule has 3 rings (SSSR count). The maximum absolute atomic E-state index is 13.1. The lowest BCUT2D eigenvalue weighted by Crippen LogP contribution is -2.43. The number of carbonyl (C=O) groups excluding carboxylic acids is 2. The number of ether oxygens (including phenoxy) is 3. The van der Waals surface area contributed by atoms with E-state index in [2.05, 4.69) is 10.5 Å². The third kappa shape index (κ3) is 3.73. The third-order valence-corrected chi connectivity index (χ3v) is 4.61. The number of rotatable bonds is 6. The lowest BCUT2D eigenvalue weighted by molar-refractivity contribution is -0.119. The van der Waals surface area contributed by atoms with Gasteiger partial charge >= 0.3 is 0 Å². The van der Waals surface area contributed by atoms with Crippen LogP contribution in [-0.4, -0.2) is 55.8 Å². The number of benzene rings is 1. The van der Waals surface area contributed by atoms with Gasteiger partial charge in [0, 0.05) is 18.2 Å². The molecule has 1 atom stereocenters. The quantitative estimate of drug-likeness (QED) is 0.808. The fraction of sp³-hybridized carbons (Fsp3) is 0.421.